The molecule has 0 atom stereocenters. The maximum absolute atomic E-state index is 13.0. The van der Waals surface area contributed by atoms with Crippen LogP contribution in [-0.4, -0.2) is 24.6 Å². The topological polar surface area (TPSA) is 59.9 Å². The van der Waals surface area contributed by atoms with Crippen LogP contribution in [0.25, 0.3) is 11.3 Å². The van der Waals surface area contributed by atoms with E-state index < -0.39 is 15.7 Å². The van der Waals surface area contributed by atoms with Crippen LogP contribution in [0.4, 0.5) is 4.39 Å². The van der Waals surface area contributed by atoms with Crippen molar-refractivity contribution in [2.24, 2.45) is 0 Å². The van der Waals surface area contributed by atoms with Gasteiger partial charge in [0.15, 0.2) is 0 Å². The Labute approximate surface area is 98.1 Å². The summed E-state index contributed by atoms with van der Waals surface area (Å²) in [7, 11) is -3.46. The third-order valence-electron chi connectivity index (χ3n) is 2.09. The second-order valence-corrected chi connectivity index (χ2v) is 5.42. The standard InChI is InChI=1S/C11H9FN2O2S/c1-17(15,16)11-13-6-5-10(14-11)8-3-2-4-9(12)7-8/h2-7H,1H3. The van der Waals surface area contributed by atoms with E-state index in [9.17, 15) is 12.8 Å². The summed E-state index contributed by atoms with van der Waals surface area (Å²) in [5.74, 6) is -0.401. The Bertz CT molecular complexity index is 656. The molecule has 6 heteroatoms. The molecule has 0 fully saturated rings. The first kappa shape index (κ1) is 11.7. The average molecular weight is 252 g/mol. The van der Waals surface area contributed by atoms with Crippen molar-refractivity contribution >= 4 is 9.84 Å². The summed E-state index contributed by atoms with van der Waals surface area (Å²) >= 11 is 0. The number of hydrogen-bond donors (Lipinski definition) is 0. The van der Waals surface area contributed by atoms with Gasteiger partial charge >= 0.3 is 0 Å². The minimum atomic E-state index is -3.46. The van der Waals surface area contributed by atoms with Crippen LogP contribution in [0.2, 0.25) is 0 Å². The van der Waals surface area contributed by atoms with Crippen LogP contribution in [0.5, 0.6) is 0 Å². The van der Waals surface area contributed by atoms with Gasteiger partial charge in [-0.25, -0.2) is 22.8 Å². The first-order valence-corrected chi connectivity index (χ1v) is 6.65. The largest absolute Gasteiger partial charge is 0.247 e. The van der Waals surface area contributed by atoms with E-state index in [1.807, 2.05) is 0 Å². The maximum atomic E-state index is 13.0. The van der Waals surface area contributed by atoms with Gasteiger partial charge in [0.05, 0.1) is 5.69 Å². The molecule has 4 nitrogen and oxygen atoms in total. The number of benzene rings is 1. The Morgan fingerprint density at radius 3 is 2.65 bits per heavy atom. The van der Waals surface area contributed by atoms with Gasteiger partial charge in [-0.05, 0) is 18.2 Å². The molecule has 0 unspecified atom stereocenters. The number of nitrogens with zero attached hydrogens (tertiary/aromatic N) is 2. The highest BCUT2D eigenvalue weighted by Gasteiger charge is 2.12. The summed E-state index contributed by atoms with van der Waals surface area (Å²) in [6, 6.07) is 7.31. The van der Waals surface area contributed by atoms with Gasteiger partial charge in [0.2, 0.25) is 15.0 Å². The van der Waals surface area contributed by atoms with E-state index in [0.717, 1.165) is 6.26 Å². The Morgan fingerprint density at radius 2 is 2.00 bits per heavy atom. The minimum Gasteiger partial charge on any atom is -0.227 e. The third-order valence-corrected chi connectivity index (χ3v) is 2.95. The Kier molecular flexibility index (Phi) is 2.89. The summed E-state index contributed by atoms with van der Waals surface area (Å²) in [6.45, 7) is 0. The van der Waals surface area contributed by atoms with Crippen molar-refractivity contribution in [3.63, 3.8) is 0 Å². The zero-order valence-electron chi connectivity index (χ0n) is 8.96. The van der Waals surface area contributed by atoms with E-state index >= 15 is 0 Å². The van der Waals surface area contributed by atoms with E-state index in [1.165, 1.54) is 30.5 Å². The highest BCUT2D eigenvalue weighted by molar-refractivity contribution is 7.90. The molecule has 0 bridgehead atoms. The number of hydrogen-bond acceptors (Lipinski definition) is 4. The fourth-order valence-corrected chi connectivity index (χ4v) is 1.84. The molecule has 0 radical (unpaired) electrons. The fraction of sp³-hybridized carbons (Fsp3) is 0.0909. The van der Waals surface area contributed by atoms with Crippen molar-refractivity contribution in [3.05, 3.63) is 42.3 Å². The molecule has 0 amide bonds. The number of aromatic nitrogens is 2. The Morgan fingerprint density at radius 1 is 1.24 bits per heavy atom. The Hall–Kier alpha value is -1.82. The van der Waals surface area contributed by atoms with Gasteiger partial charge in [0, 0.05) is 18.0 Å². The molecule has 1 aromatic heterocycles. The molecule has 2 aromatic rings. The van der Waals surface area contributed by atoms with Gasteiger partial charge in [0.1, 0.15) is 5.82 Å². The van der Waals surface area contributed by atoms with Gasteiger partial charge in [-0.15, -0.1) is 0 Å². The molecule has 0 N–H and O–H groups in total. The van der Waals surface area contributed by atoms with Crippen LogP contribution in [0, 0.1) is 5.82 Å². The predicted octanol–water partition coefficient (Wildman–Crippen LogP) is 1.69. The number of sulfone groups is 1. The molecule has 1 aromatic carbocycles. The smallest absolute Gasteiger partial charge is 0.227 e. The average Bonchev–Trinajstić information content (AvgIpc) is 2.28. The quantitative estimate of drug-likeness (QED) is 0.763. The van der Waals surface area contributed by atoms with Gasteiger partial charge in [-0.2, -0.15) is 0 Å². The lowest BCUT2D eigenvalue weighted by molar-refractivity contribution is 0.593. The van der Waals surface area contributed by atoms with E-state index in [-0.39, 0.29) is 5.16 Å². The molecule has 17 heavy (non-hydrogen) atoms. The van der Waals surface area contributed by atoms with Crippen LogP contribution >= 0.6 is 0 Å². The summed E-state index contributed by atoms with van der Waals surface area (Å²) < 4.78 is 35.6. The van der Waals surface area contributed by atoms with Crippen molar-refractivity contribution in [1.29, 1.82) is 0 Å². The second kappa shape index (κ2) is 4.21. The molecule has 1 heterocycles. The highest BCUT2D eigenvalue weighted by Crippen LogP contribution is 2.18. The summed E-state index contributed by atoms with van der Waals surface area (Å²) in [4.78, 5) is 7.56. The first-order chi connectivity index (χ1) is 7.97. The van der Waals surface area contributed by atoms with Gasteiger partial charge in [-0.3, -0.25) is 0 Å². The van der Waals surface area contributed by atoms with Crippen molar-refractivity contribution in [3.8, 4) is 11.3 Å². The predicted molar refractivity (Wildman–Crippen MR) is 60.5 cm³/mol. The summed E-state index contributed by atoms with van der Waals surface area (Å²) in [5, 5.41) is -0.265. The number of halogens is 1. The van der Waals surface area contributed by atoms with Gasteiger partial charge < -0.3 is 0 Å². The van der Waals surface area contributed by atoms with E-state index in [1.54, 1.807) is 6.07 Å². The van der Waals surface area contributed by atoms with Crippen molar-refractivity contribution in [2.75, 3.05) is 6.26 Å². The van der Waals surface area contributed by atoms with E-state index in [4.69, 9.17) is 0 Å². The Balaban J connectivity index is 2.54. The van der Waals surface area contributed by atoms with Crippen molar-refractivity contribution < 1.29 is 12.8 Å². The molecule has 2 rings (SSSR count). The normalized spacial score (nSPS) is 11.4. The molecule has 0 aliphatic heterocycles. The van der Waals surface area contributed by atoms with Crippen LogP contribution in [0.15, 0.2) is 41.7 Å². The zero-order valence-corrected chi connectivity index (χ0v) is 9.78. The van der Waals surface area contributed by atoms with Gasteiger partial charge in [-0.1, -0.05) is 12.1 Å². The van der Waals surface area contributed by atoms with E-state index in [2.05, 4.69) is 9.97 Å². The van der Waals surface area contributed by atoms with Crippen LogP contribution < -0.4 is 0 Å². The van der Waals surface area contributed by atoms with Gasteiger partial charge in [0.25, 0.3) is 0 Å². The van der Waals surface area contributed by atoms with Crippen LogP contribution in [0.1, 0.15) is 0 Å². The molecular formula is C11H9FN2O2S. The second-order valence-electron chi connectivity index (χ2n) is 3.51. The third kappa shape index (κ3) is 2.65. The van der Waals surface area contributed by atoms with Crippen LogP contribution in [-0.2, 0) is 9.84 Å². The maximum Gasteiger partial charge on any atom is 0.247 e. The fourth-order valence-electron chi connectivity index (χ4n) is 1.33. The molecular weight excluding hydrogens is 243 g/mol. The lowest BCUT2D eigenvalue weighted by Crippen LogP contribution is -2.04. The zero-order chi connectivity index (χ0) is 12.5. The van der Waals surface area contributed by atoms with Crippen molar-refractivity contribution in [2.45, 2.75) is 5.16 Å². The van der Waals surface area contributed by atoms with E-state index in [0.29, 0.717) is 11.3 Å². The summed E-state index contributed by atoms with van der Waals surface area (Å²) in [6.07, 6.45) is 2.36. The highest BCUT2D eigenvalue weighted by atomic mass is 32.2. The molecule has 0 saturated heterocycles. The molecule has 0 aliphatic rings. The summed E-state index contributed by atoms with van der Waals surface area (Å²) in [5.41, 5.74) is 0.886. The molecule has 0 aliphatic carbocycles. The molecule has 0 spiro atoms. The van der Waals surface area contributed by atoms with Crippen molar-refractivity contribution in [1.82, 2.24) is 9.97 Å². The first-order valence-electron chi connectivity index (χ1n) is 4.76. The molecule has 0 saturated carbocycles. The minimum absolute atomic E-state index is 0.265. The SMILES string of the molecule is CS(=O)(=O)c1nccc(-c2cccc(F)c2)n1. The van der Waals surface area contributed by atoms with Crippen LogP contribution in [0.3, 0.4) is 0 Å². The number of rotatable bonds is 2. The lowest BCUT2D eigenvalue weighted by atomic mass is 10.1. The molecule has 88 valence electrons. The monoisotopic (exact) mass is 252 g/mol. The lowest BCUT2D eigenvalue weighted by Gasteiger charge is -2.02.